The topological polar surface area (TPSA) is 64.7 Å². The molecule has 6 heteroatoms. The molecule has 10 rings (SSSR count). The molecule has 1 atom stereocenters. The second-order valence-corrected chi connectivity index (χ2v) is 14.5. The molecular formula is C48H32N4OS. The number of benzene rings is 6. The van der Waals surface area contributed by atoms with Crippen molar-refractivity contribution in [1.82, 2.24) is 19.9 Å². The molecule has 256 valence electrons. The lowest BCUT2D eigenvalue weighted by molar-refractivity contribution is 0.620. The third-order valence-corrected chi connectivity index (χ3v) is 11.1. The SMILES string of the molecule is C1=CC(c2nc3ccccc3s2)CC=C1c1ccc(-c2cc(-c3ccc(-c4ccc(-c5nc6ccccc6o5)cc4)cc3)nc(-c3ccccc3)n2)cc1. The van der Waals surface area contributed by atoms with Gasteiger partial charge in [-0.25, -0.2) is 19.9 Å². The Kier molecular flexibility index (Phi) is 8.08. The number of rotatable bonds is 7. The molecule has 3 heterocycles. The third kappa shape index (κ3) is 6.23. The van der Waals surface area contributed by atoms with Crippen molar-refractivity contribution in [3.8, 4) is 56.5 Å². The van der Waals surface area contributed by atoms with Gasteiger partial charge in [0.2, 0.25) is 5.89 Å². The molecule has 1 aliphatic rings. The molecular weight excluding hydrogens is 681 g/mol. The second-order valence-electron chi connectivity index (χ2n) is 13.4. The molecule has 0 bridgehead atoms. The lowest BCUT2D eigenvalue weighted by Gasteiger charge is -2.15. The Bertz CT molecular complexity index is 2770. The summed E-state index contributed by atoms with van der Waals surface area (Å²) >= 11 is 1.79. The van der Waals surface area contributed by atoms with E-state index >= 15 is 0 Å². The predicted molar refractivity (Wildman–Crippen MR) is 221 cm³/mol. The average molecular weight is 713 g/mol. The zero-order chi connectivity index (χ0) is 35.8. The molecule has 3 aromatic heterocycles. The third-order valence-electron chi connectivity index (χ3n) is 9.94. The summed E-state index contributed by atoms with van der Waals surface area (Å²) in [6.45, 7) is 0. The molecule has 54 heavy (non-hydrogen) atoms. The van der Waals surface area contributed by atoms with E-state index < -0.39 is 0 Å². The Balaban J connectivity index is 0.906. The predicted octanol–water partition coefficient (Wildman–Crippen LogP) is 12.7. The minimum absolute atomic E-state index is 0.307. The molecule has 0 spiro atoms. The fourth-order valence-electron chi connectivity index (χ4n) is 6.99. The summed E-state index contributed by atoms with van der Waals surface area (Å²) in [4.78, 5) is 19.6. The van der Waals surface area contributed by atoms with E-state index in [1.165, 1.54) is 20.8 Å². The number of fused-ring (bicyclic) bond motifs is 2. The van der Waals surface area contributed by atoms with Crippen LogP contribution in [0.15, 0.2) is 180 Å². The number of para-hydroxylation sites is 3. The first kappa shape index (κ1) is 31.9. The summed E-state index contributed by atoms with van der Waals surface area (Å²) in [5.74, 6) is 1.63. The number of allylic oxidation sites excluding steroid dienone is 4. The second kappa shape index (κ2) is 13.7. The van der Waals surface area contributed by atoms with Crippen LogP contribution in [0, 0.1) is 0 Å². The zero-order valence-electron chi connectivity index (χ0n) is 29.1. The van der Waals surface area contributed by atoms with Crippen LogP contribution in [-0.4, -0.2) is 19.9 Å². The van der Waals surface area contributed by atoms with Gasteiger partial charge < -0.3 is 4.42 Å². The van der Waals surface area contributed by atoms with Crippen molar-refractivity contribution in [2.75, 3.05) is 0 Å². The lowest BCUT2D eigenvalue weighted by atomic mass is 9.92. The van der Waals surface area contributed by atoms with E-state index in [0.29, 0.717) is 17.6 Å². The zero-order valence-corrected chi connectivity index (χ0v) is 29.9. The van der Waals surface area contributed by atoms with E-state index in [4.69, 9.17) is 19.4 Å². The maximum atomic E-state index is 5.98. The van der Waals surface area contributed by atoms with Crippen LogP contribution in [0.2, 0.25) is 0 Å². The first-order chi connectivity index (χ1) is 26.7. The minimum atomic E-state index is 0.307. The Morgan fingerprint density at radius 1 is 0.500 bits per heavy atom. The van der Waals surface area contributed by atoms with Crippen molar-refractivity contribution in [3.63, 3.8) is 0 Å². The standard InChI is InChI=1S/C48H32N4OS/c1-2-8-37(9-3-1)46-49-42(35-22-14-31(15-23-35)33-18-26-38(27-19-33)47-51-40-10-4-6-12-44(40)53-47)30-43(50-46)36-24-16-32(17-25-36)34-20-28-39(29-21-34)48-52-41-11-5-7-13-45(41)54-48/h1-28,30,39H,29H2. The molecule has 0 radical (unpaired) electrons. The number of nitrogens with zero attached hydrogens (tertiary/aromatic N) is 4. The van der Waals surface area contributed by atoms with Crippen molar-refractivity contribution in [2.24, 2.45) is 0 Å². The number of oxazole rings is 1. The highest BCUT2D eigenvalue weighted by Crippen LogP contribution is 2.36. The molecule has 0 amide bonds. The van der Waals surface area contributed by atoms with E-state index in [2.05, 4.69) is 138 Å². The summed E-state index contributed by atoms with van der Waals surface area (Å²) in [6.07, 6.45) is 7.80. The Morgan fingerprint density at radius 2 is 1.09 bits per heavy atom. The molecule has 0 saturated heterocycles. The maximum Gasteiger partial charge on any atom is 0.227 e. The van der Waals surface area contributed by atoms with Crippen LogP contribution in [0.3, 0.4) is 0 Å². The molecule has 6 aromatic carbocycles. The molecule has 0 aliphatic heterocycles. The maximum absolute atomic E-state index is 5.98. The summed E-state index contributed by atoms with van der Waals surface area (Å²) in [7, 11) is 0. The Hall–Kier alpha value is -6.76. The molecule has 0 saturated carbocycles. The quantitative estimate of drug-likeness (QED) is 0.165. The summed E-state index contributed by atoms with van der Waals surface area (Å²) in [5.41, 5.74) is 13.1. The number of hydrogen-bond acceptors (Lipinski definition) is 6. The smallest absolute Gasteiger partial charge is 0.227 e. The van der Waals surface area contributed by atoms with Crippen molar-refractivity contribution < 1.29 is 4.42 Å². The average Bonchev–Trinajstić information content (AvgIpc) is 3.90. The highest BCUT2D eigenvalue weighted by Gasteiger charge is 2.17. The van der Waals surface area contributed by atoms with Gasteiger partial charge in [0, 0.05) is 28.2 Å². The van der Waals surface area contributed by atoms with Gasteiger partial charge in [-0.3, -0.25) is 0 Å². The van der Waals surface area contributed by atoms with Gasteiger partial charge in [-0.1, -0.05) is 133 Å². The first-order valence-electron chi connectivity index (χ1n) is 18.1. The molecule has 9 aromatic rings. The van der Waals surface area contributed by atoms with E-state index in [-0.39, 0.29) is 0 Å². The highest BCUT2D eigenvalue weighted by atomic mass is 32.1. The van der Waals surface area contributed by atoms with Gasteiger partial charge >= 0.3 is 0 Å². The van der Waals surface area contributed by atoms with E-state index in [1.54, 1.807) is 11.3 Å². The minimum Gasteiger partial charge on any atom is -0.436 e. The van der Waals surface area contributed by atoms with Gasteiger partial charge in [0.05, 0.1) is 21.6 Å². The van der Waals surface area contributed by atoms with E-state index in [0.717, 1.165) is 67.8 Å². The highest BCUT2D eigenvalue weighted by molar-refractivity contribution is 7.18. The van der Waals surface area contributed by atoms with Crippen molar-refractivity contribution in [2.45, 2.75) is 12.3 Å². The fourth-order valence-corrected chi connectivity index (χ4v) is 8.05. The van der Waals surface area contributed by atoms with Crippen LogP contribution >= 0.6 is 11.3 Å². The van der Waals surface area contributed by atoms with Gasteiger partial charge in [0.1, 0.15) is 10.5 Å². The van der Waals surface area contributed by atoms with Crippen molar-refractivity contribution >= 4 is 38.2 Å². The molecule has 5 nitrogen and oxygen atoms in total. The first-order valence-corrected chi connectivity index (χ1v) is 18.9. The van der Waals surface area contributed by atoms with Gasteiger partial charge in [-0.15, -0.1) is 11.3 Å². The van der Waals surface area contributed by atoms with Crippen LogP contribution in [0.1, 0.15) is 22.9 Å². The van der Waals surface area contributed by atoms with E-state index in [9.17, 15) is 0 Å². The number of aromatic nitrogens is 4. The Morgan fingerprint density at radius 3 is 1.74 bits per heavy atom. The van der Waals surface area contributed by atoms with Crippen LogP contribution in [0.25, 0.3) is 83.4 Å². The summed E-state index contributed by atoms with van der Waals surface area (Å²) in [5, 5.41) is 1.17. The summed E-state index contributed by atoms with van der Waals surface area (Å²) in [6, 6.07) is 54.1. The number of hydrogen-bond donors (Lipinski definition) is 0. The van der Waals surface area contributed by atoms with Crippen LogP contribution in [-0.2, 0) is 0 Å². The van der Waals surface area contributed by atoms with Gasteiger partial charge in [0.15, 0.2) is 11.4 Å². The van der Waals surface area contributed by atoms with Gasteiger partial charge in [-0.05, 0) is 71.1 Å². The van der Waals surface area contributed by atoms with E-state index in [1.807, 2.05) is 42.5 Å². The normalized spacial score (nSPS) is 14.1. The van der Waals surface area contributed by atoms with Crippen LogP contribution < -0.4 is 0 Å². The van der Waals surface area contributed by atoms with Gasteiger partial charge in [0.25, 0.3) is 0 Å². The van der Waals surface area contributed by atoms with Crippen LogP contribution in [0.4, 0.5) is 0 Å². The van der Waals surface area contributed by atoms with Crippen molar-refractivity contribution in [3.05, 3.63) is 187 Å². The molecule has 1 unspecified atom stereocenters. The monoisotopic (exact) mass is 712 g/mol. The lowest BCUT2D eigenvalue weighted by Crippen LogP contribution is -1.98. The molecule has 0 N–H and O–H groups in total. The van der Waals surface area contributed by atoms with Gasteiger partial charge in [-0.2, -0.15) is 0 Å². The summed E-state index contributed by atoms with van der Waals surface area (Å²) < 4.78 is 7.22. The Labute approximate surface area is 316 Å². The fraction of sp³-hybridized carbons (Fsp3) is 0.0417. The number of thiazole rings is 1. The van der Waals surface area contributed by atoms with Crippen LogP contribution in [0.5, 0.6) is 0 Å². The largest absolute Gasteiger partial charge is 0.436 e. The molecule has 0 fully saturated rings. The van der Waals surface area contributed by atoms with Crippen molar-refractivity contribution in [1.29, 1.82) is 0 Å². The molecule has 1 aliphatic carbocycles.